The molecule has 1 aliphatic carbocycles. The van der Waals surface area contributed by atoms with Crippen LogP contribution in [-0.4, -0.2) is 24.8 Å². The molecule has 0 bridgehead atoms. The van der Waals surface area contributed by atoms with E-state index >= 15 is 0 Å². The predicted molar refractivity (Wildman–Crippen MR) is 58.4 cm³/mol. The molecule has 82 valence electrons. The molecule has 0 unspecified atom stereocenters. The Morgan fingerprint density at radius 1 is 1.00 bits per heavy atom. The summed E-state index contributed by atoms with van der Waals surface area (Å²) in [7, 11) is 0. The number of rotatable bonds is 2. The highest BCUT2D eigenvalue weighted by Crippen LogP contribution is 2.25. The highest BCUT2D eigenvalue weighted by Gasteiger charge is 2.29. The van der Waals surface area contributed by atoms with Gasteiger partial charge in [-0.25, -0.2) is 0 Å². The summed E-state index contributed by atoms with van der Waals surface area (Å²) in [5, 5.41) is 3.79. The van der Waals surface area contributed by atoms with E-state index in [0.29, 0.717) is 12.1 Å². The third kappa shape index (κ3) is 2.29. The Labute approximate surface area is 87.4 Å². The molecule has 2 nitrogen and oxygen atoms in total. The van der Waals surface area contributed by atoms with Gasteiger partial charge in [0, 0.05) is 18.7 Å². The fraction of sp³-hybridized carbons (Fsp3) is 1.00. The van der Waals surface area contributed by atoms with Crippen molar-refractivity contribution in [2.45, 2.75) is 64.1 Å². The summed E-state index contributed by atoms with van der Waals surface area (Å²) >= 11 is 0. The second kappa shape index (κ2) is 4.63. The van der Waals surface area contributed by atoms with Crippen molar-refractivity contribution in [3.63, 3.8) is 0 Å². The van der Waals surface area contributed by atoms with Gasteiger partial charge in [-0.3, -0.25) is 0 Å². The van der Waals surface area contributed by atoms with Crippen molar-refractivity contribution in [2.24, 2.45) is 5.92 Å². The van der Waals surface area contributed by atoms with Crippen LogP contribution in [0.3, 0.4) is 0 Å². The van der Waals surface area contributed by atoms with E-state index in [9.17, 15) is 0 Å². The molecule has 0 aromatic rings. The molecule has 2 rings (SSSR count). The first-order chi connectivity index (χ1) is 6.77. The summed E-state index contributed by atoms with van der Waals surface area (Å²) in [5.74, 6) is 0.858. The Morgan fingerprint density at radius 2 is 1.79 bits per heavy atom. The molecule has 1 aliphatic heterocycles. The maximum Gasteiger partial charge on any atom is 0.0700 e. The van der Waals surface area contributed by atoms with Crippen LogP contribution >= 0.6 is 0 Å². The quantitative estimate of drug-likeness (QED) is 0.733. The largest absolute Gasteiger partial charge is 0.377 e. The molecule has 4 atom stereocenters. The van der Waals surface area contributed by atoms with Crippen molar-refractivity contribution >= 4 is 0 Å². The first-order valence-electron chi connectivity index (χ1n) is 6.15. The lowest BCUT2D eigenvalue weighted by Crippen LogP contribution is -2.46. The second-order valence-corrected chi connectivity index (χ2v) is 5.01. The number of ether oxygens (including phenoxy) is 1. The molecule has 1 saturated carbocycles. The molecule has 1 heterocycles. The number of hydrogen-bond donors (Lipinski definition) is 1. The molecule has 1 N–H and O–H groups in total. The van der Waals surface area contributed by atoms with Gasteiger partial charge in [-0.05, 0) is 32.1 Å². The van der Waals surface area contributed by atoms with Gasteiger partial charge >= 0.3 is 0 Å². The van der Waals surface area contributed by atoms with E-state index < -0.39 is 0 Å². The monoisotopic (exact) mass is 197 g/mol. The second-order valence-electron chi connectivity index (χ2n) is 5.01. The average Bonchev–Trinajstić information content (AvgIpc) is 2.56. The number of nitrogens with one attached hydrogen (secondary N) is 1. The molecule has 0 amide bonds. The van der Waals surface area contributed by atoms with Gasteiger partial charge in [0.05, 0.1) is 6.10 Å². The minimum Gasteiger partial charge on any atom is -0.377 e. The van der Waals surface area contributed by atoms with Gasteiger partial charge in [-0.2, -0.15) is 0 Å². The Bertz CT molecular complexity index is 183. The molecular weight excluding hydrogens is 174 g/mol. The summed E-state index contributed by atoms with van der Waals surface area (Å²) in [6, 6.07) is 1.36. The fourth-order valence-electron chi connectivity index (χ4n) is 2.79. The lowest BCUT2D eigenvalue weighted by atomic mass is 9.85. The molecule has 0 radical (unpaired) electrons. The molecule has 2 aliphatic rings. The fourth-order valence-corrected chi connectivity index (χ4v) is 2.79. The van der Waals surface area contributed by atoms with Crippen LogP contribution in [0, 0.1) is 5.92 Å². The van der Waals surface area contributed by atoms with Crippen molar-refractivity contribution < 1.29 is 4.74 Å². The minimum absolute atomic E-state index is 0.420. The van der Waals surface area contributed by atoms with Crippen LogP contribution in [0.15, 0.2) is 0 Å². The van der Waals surface area contributed by atoms with Crippen molar-refractivity contribution in [3.8, 4) is 0 Å². The van der Waals surface area contributed by atoms with E-state index in [2.05, 4.69) is 19.2 Å². The van der Waals surface area contributed by atoms with E-state index in [0.717, 1.165) is 18.6 Å². The van der Waals surface area contributed by atoms with Gasteiger partial charge in [-0.1, -0.05) is 19.8 Å². The van der Waals surface area contributed by atoms with E-state index in [1.165, 1.54) is 32.1 Å². The van der Waals surface area contributed by atoms with Crippen LogP contribution in [0.5, 0.6) is 0 Å². The zero-order valence-corrected chi connectivity index (χ0v) is 9.46. The van der Waals surface area contributed by atoms with E-state index in [4.69, 9.17) is 4.74 Å². The van der Waals surface area contributed by atoms with Gasteiger partial charge in [0.25, 0.3) is 0 Å². The maximum atomic E-state index is 5.58. The first kappa shape index (κ1) is 10.4. The Balaban J connectivity index is 1.83. The Hall–Kier alpha value is -0.0800. The van der Waals surface area contributed by atoms with Crippen molar-refractivity contribution in [2.75, 3.05) is 6.61 Å². The third-order valence-electron chi connectivity index (χ3n) is 3.92. The van der Waals surface area contributed by atoms with Gasteiger partial charge in [0.2, 0.25) is 0 Å². The molecule has 2 heteroatoms. The SMILES string of the molecule is C[C@H]1CCCC[C@H]1N[C@@H]1CCO[C@@H]1C. The standard InChI is InChI=1S/C12H23NO/c1-9-5-3-4-6-11(9)13-12-7-8-14-10(12)2/h9-13H,3-8H2,1-2H3/t9-,10+,11+,12+/m0/s1. The topological polar surface area (TPSA) is 21.3 Å². The zero-order chi connectivity index (χ0) is 9.97. The van der Waals surface area contributed by atoms with E-state index in [1.54, 1.807) is 0 Å². The molecule has 2 fully saturated rings. The lowest BCUT2D eigenvalue weighted by Gasteiger charge is -2.32. The molecule has 0 aromatic heterocycles. The number of hydrogen-bond acceptors (Lipinski definition) is 2. The lowest BCUT2D eigenvalue weighted by molar-refractivity contribution is 0.106. The van der Waals surface area contributed by atoms with Gasteiger partial charge in [0.1, 0.15) is 0 Å². The van der Waals surface area contributed by atoms with Gasteiger partial charge in [-0.15, -0.1) is 0 Å². The van der Waals surface area contributed by atoms with Gasteiger partial charge < -0.3 is 10.1 Å². The van der Waals surface area contributed by atoms with Crippen LogP contribution in [0.25, 0.3) is 0 Å². The van der Waals surface area contributed by atoms with Crippen molar-refractivity contribution in [1.82, 2.24) is 5.32 Å². The van der Waals surface area contributed by atoms with E-state index in [1.807, 2.05) is 0 Å². The first-order valence-corrected chi connectivity index (χ1v) is 6.15. The third-order valence-corrected chi connectivity index (χ3v) is 3.92. The summed E-state index contributed by atoms with van der Waals surface area (Å²) in [6.07, 6.45) is 7.22. The minimum atomic E-state index is 0.420. The summed E-state index contributed by atoms with van der Waals surface area (Å²) < 4.78 is 5.58. The van der Waals surface area contributed by atoms with Crippen LogP contribution < -0.4 is 5.32 Å². The van der Waals surface area contributed by atoms with E-state index in [-0.39, 0.29) is 0 Å². The Kier molecular flexibility index (Phi) is 3.45. The van der Waals surface area contributed by atoms with Crippen LogP contribution in [-0.2, 0) is 4.74 Å². The molecular formula is C12H23NO. The van der Waals surface area contributed by atoms with Crippen LogP contribution in [0.4, 0.5) is 0 Å². The zero-order valence-electron chi connectivity index (χ0n) is 9.46. The molecule has 1 saturated heterocycles. The van der Waals surface area contributed by atoms with Gasteiger partial charge in [0.15, 0.2) is 0 Å². The highest BCUT2D eigenvalue weighted by atomic mass is 16.5. The summed E-state index contributed by atoms with van der Waals surface area (Å²) in [4.78, 5) is 0. The smallest absolute Gasteiger partial charge is 0.0700 e. The summed E-state index contributed by atoms with van der Waals surface area (Å²) in [6.45, 7) is 5.52. The van der Waals surface area contributed by atoms with Crippen molar-refractivity contribution in [1.29, 1.82) is 0 Å². The molecule has 0 aromatic carbocycles. The average molecular weight is 197 g/mol. The summed E-state index contributed by atoms with van der Waals surface area (Å²) in [5.41, 5.74) is 0. The normalized spacial score (nSPS) is 44.1. The molecule has 0 spiro atoms. The van der Waals surface area contributed by atoms with Crippen LogP contribution in [0.1, 0.15) is 46.0 Å². The maximum absolute atomic E-state index is 5.58. The molecule has 14 heavy (non-hydrogen) atoms. The predicted octanol–water partition coefficient (Wildman–Crippen LogP) is 2.33. The van der Waals surface area contributed by atoms with Crippen LogP contribution in [0.2, 0.25) is 0 Å². The Morgan fingerprint density at radius 3 is 2.43 bits per heavy atom. The highest BCUT2D eigenvalue weighted by molar-refractivity contribution is 4.86. The van der Waals surface area contributed by atoms with Crippen molar-refractivity contribution in [3.05, 3.63) is 0 Å².